The van der Waals surface area contributed by atoms with Gasteiger partial charge in [-0.1, -0.05) is 11.6 Å². The fraction of sp³-hybridized carbons (Fsp3) is 0.348. The number of amidine groups is 1. The van der Waals surface area contributed by atoms with Crippen molar-refractivity contribution in [3.05, 3.63) is 71.1 Å². The van der Waals surface area contributed by atoms with Crippen LogP contribution in [0.25, 0.3) is 0 Å². The van der Waals surface area contributed by atoms with Crippen molar-refractivity contribution in [3.63, 3.8) is 0 Å². The molecule has 7 nitrogen and oxygen atoms in total. The van der Waals surface area contributed by atoms with Gasteiger partial charge in [0.1, 0.15) is 17.9 Å². The molecule has 1 aliphatic rings. The molecule has 0 amide bonds. The third kappa shape index (κ3) is 6.43. The van der Waals surface area contributed by atoms with Crippen LogP contribution in [0.15, 0.2) is 65.3 Å². The summed E-state index contributed by atoms with van der Waals surface area (Å²) < 4.78 is 13.1. The van der Waals surface area contributed by atoms with Gasteiger partial charge in [0.2, 0.25) is 0 Å². The maximum Gasteiger partial charge on any atom is 0.133 e. The van der Waals surface area contributed by atoms with E-state index in [4.69, 9.17) is 28.8 Å². The number of nitrogens with one attached hydrogen (secondary N) is 2. The number of aliphatic hydroxyl groups excluding tert-OH is 1. The number of anilines is 1. The highest BCUT2D eigenvalue weighted by Crippen LogP contribution is 2.30. The summed E-state index contributed by atoms with van der Waals surface area (Å²) in [5, 5.41) is 17.6. The Morgan fingerprint density at radius 3 is 2.38 bits per heavy atom. The number of aliphatic imine (C=N–C) groups is 1. The van der Waals surface area contributed by atoms with E-state index in [9.17, 15) is 9.50 Å². The van der Waals surface area contributed by atoms with E-state index in [1.54, 1.807) is 6.20 Å². The molecule has 9 heteroatoms. The predicted molar refractivity (Wildman–Crippen MR) is 128 cm³/mol. The van der Waals surface area contributed by atoms with Crippen molar-refractivity contribution < 1.29 is 9.50 Å². The first-order valence-electron chi connectivity index (χ1n) is 10.5. The first kappa shape index (κ1) is 24.0. The lowest BCUT2D eigenvalue weighted by molar-refractivity contribution is 0.220. The molecule has 32 heavy (non-hydrogen) atoms. The predicted octanol–water partition coefficient (Wildman–Crippen LogP) is 2.97. The zero-order chi connectivity index (χ0) is 23.1. The topological polar surface area (TPSA) is 135 Å². The number of nitrogens with two attached hydrogens (primary N) is 3. The number of nitrogens with zero attached hydrogens (tertiary/aromatic N) is 1. The monoisotopic (exact) mass is 460 g/mol. The van der Waals surface area contributed by atoms with Crippen LogP contribution in [0.2, 0.25) is 5.02 Å². The molecule has 0 radical (unpaired) electrons. The van der Waals surface area contributed by atoms with E-state index in [2.05, 4.69) is 15.6 Å². The first-order valence-corrected chi connectivity index (χ1v) is 10.9. The standard InChI is InChI=1S/C23H30ClFN6O/c24-15-1-5-17(6-2-15)30-19-9-11-23(14-26,12-10-19)29-13-20(22(28)32)21(27)31-18-7-3-16(25)4-8-18/h1-8,13,19,22,29-30,32H,9-12,14,26,28H2,(H2,27,31)/b20-13+/t19?,22-,23?/m1/s1. The van der Waals surface area contributed by atoms with E-state index in [1.165, 1.54) is 24.3 Å². The minimum absolute atomic E-state index is 0.0457. The Balaban J connectivity index is 1.66. The quantitative estimate of drug-likeness (QED) is 0.204. The molecule has 0 aliphatic heterocycles. The van der Waals surface area contributed by atoms with Gasteiger partial charge in [-0.3, -0.25) is 0 Å². The molecule has 3 rings (SSSR count). The van der Waals surface area contributed by atoms with E-state index in [0.717, 1.165) is 31.4 Å². The van der Waals surface area contributed by atoms with Crippen molar-refractivity contribution in [2.24, 2.45) is 22.2 Å². The molecule has 0 bridgehead atoms. The van der Waals surface area contributed by atoms with E-state index in [-0.39, 0.29) is 22.8 Å². The molecule has 1 saturated carbocycles. The molecule has 0 saturated heterocycles. The van der Waals surface area contributed by atoms with Crippen molar-refractivity contribution in [3.8, 4) is 0 Å². The van der Waals surface area contributed by atoms with Crippen molar-refractivity contribution >= 4 is 28.8 Å². The molecular formula is C23H30ClFN6O. The molecule has 0 heterocycles. The Bertz CT molecular complexity index is 938. The summed E-state index contributed by atoms with van der Waals surface area (Å²) in [6, 6.07) is 13.5. The van der Waals surface area contributed by atoms with Crippen LogP contribution in [0.4, 0.5) is 15.8 Å². The van der Waals surface area contributed by atoms with E-state index >= 15 is 0 Å². The van der Waals surface area contributed by atoms with Crippen LogP contribution in [0, 0.1) is 5.82 Å². The first-order chi connectivity index (χ1) is 15.3. The lowest BCUT2D eigenvalue weighted by Gasteiger charge is -2.40. The fourth-order valence-corrected chi connectivity index (χ4v) is 3.89. The third-order valence-corrected chi connectivity index (χ3v) is 6.02. The lowest BCUT2D eigenvalue weighted by Crippen LogP contribution is -2.53. The van der Waals surface area contributed by atoms with Crippen molar-refractivity contribution in [1.29, 1.82) is 0 Å². The van der Waals surface area contributed by atoms with Crippen LogP contribution in [0.1, 0.15) is 25.7 Å². The second-order valence-corrected chi connectivity index (χ2v) is 8.51. The van der Waals surface area contributed by atoms with Gasteiger partial charge < -0.3 is 32.9 Å². The number of aliphatic hydroxyl groups is 1. The average molecular weight is 461 g/mol. The van der Waals surface area contributed by atoms with Crippen LogP contribution >= 0.6 is 11.6 Å². The van der Waals surface area contributed by atoms with E-state index in [0.29, 0.717) is 23.3 Å². The zero-order valence-electron chi connectivity index (χ0n) is 17.8. The molecule has 0 aromatic heterocycles. The molecule has 1 aliphatic carbocycles. The Kier molecular flexibility index (Phi) is 8.09. The summed E-state index contributed by atoms with van der Waals surface area (Å²) in [6.07, 6.45) is 3.75. The van der Waals surface area contributed by atoms with E-state index < -0.39 is 6.23 Å². The van der Waals surface area contributed by atoms with Gasteiger partial charge in [-0.2, -0.15) is 0 Å². The number of hydrogen-bond acceptors (Lipinski definition) is 6. The van der Waals surface area contributed by atoms with Gasteiger partial charge in [0.25, 0.3) is 0 Å². The zero-order valence-corrected chi connectivity index (χ0v) is 18.5. The van der Waals surface area contributed by atoms with Gasteiger partial charge in [0, 0.05) is 35.0 Å². The van der Waals surface area contributed by atoms with Gasteiger partial charge in [0.05, 0.1) is 11.3 Å². The Morgan fingerprint density at radius 2 is 1.81 bits per heavy atom. The summed E-state index contributed by atoms with van der Waals surface area (Å²) >= 11 is 5.95. The average Bonchev–Trinajstić information content (AvgIpc) is 2.78. The third-order valence-electron chi connectivity index (χ3n) is 5.77. The highest BCUT2D eigenvalue weighted by atomic mass is 35.5. The molecule has 9 N–H and O–H groups in total. The summed E-state index contributed by atoms with van der Waals surface area (Å²) in [6.45, 7) is 0.417. The second kappa shape index (κ2) is 10.8. The summed E-state index contributed by atoms with van der Waals surface area (Å²) in [7, 11) is 0. The molecular weight excluding hydrogens is 431 g/mol. The fourth-order valence-electron chi connectivity index (χ4n) is 3.76. The van der Waals surface area contributed by atoms with Gasteiger partial charge in [-0.25, -0.2) is 9.38 Å². The van der Waals surface area contributed by atoms with Crippen molar-refractivity contribution in [2.45, 2.75) is 43.5 Å². The van der Waals surface area contributed by atoms with Crippen LogP contribution in [-0.4, -0.2) is 35.3 Å². The molecule has 2 aromatic carbocycles. The molecule has 1 fully saturated rings. The van der Waals surface area contributed by atoms with Crippen LogP contribution < -0.4 is 27.8 Å². The Hall–Kier alpha value is -2.65. The minimum atomic E-state index is -1.33. The Morgan fingerprint density at radius 1 is 1.19 bits per heavy atom. The van der Waals surface area contributed by atoms with Gasteiger partial charge in [-0.05, 0) is 74.2 Å². The maximum atomic E-state index is 13.1. The van der Waals surface area contributed by atoms with Gasteiger partial charge in [0.15, 0.2) is 0 Å². The van der Waals surface area contributed by atoms with E-state index in [1.807, 2.05) is 24.3 Å². The van der Waals surface area contributed by atoms with Crippen LogP contribution in [0.5, 0.6) is 0 Å². The molecule has 172 valence electrons. The van der Waals surface area contributed by atoms with Crippen molar-refractivity contribution in [2.75, 3.05) is 11.9 Å². The number of rotatable bonds is 8. The lowest BCUT2D eigenvalue weighted by atomic mass is 9.79. The number of benzene rings is 2. The molecule has 0 unspecified atom stereocenters. The smallest absolute Gasteiger partial charge is 0.133 e. The highest BCUT2D eigenvalue weighted by Gasteiger charge is 2.33. The number of hydrogen-bond donors (Lipinski definition) is 6. The second-order valence-electron chi connectivity index (χ2n) is 8.07. The largest absolute Gasteiger partial charge is 0.384 e. The highest BCUT2D eigenvalue weighted by molar-refractivity contribution is 6.30. The SMILES string of the molecule is NCC1(N/C=C(\C(N)=Nc2ccc(F)cc2)[C@H](N)O)CCC(Nc2ccc(Cl)cc2)CC1. The van der Waals surface area contributed by atoms with Crippen LogP contribution in [0.3, 0.4) is 0 Å². The normalized spacial score (nSPS) is 23.0. The maximum absolute atomic E-state index is 13.1. The molecule has 1 atom stereocenters. The number of halogens is 2. The Labute approximate surface area is 192 Å². The molecule has 0 spiro atoms. The summed E-state index contributed by atoms with van der Waals surface area (Å²) in [5.41, 5.74) is 19.3. The molecule has 2 aromatic rings. The minimum Gasteiger partial charge on any atom is -0.384 e. The summed E-state index contributed by atoms with van der Waals surface area (Å²) in [5.74, 6) is -0.325. The van der Waals surface area contributed by atoms with Gasteiger partial charge >= 0.3 is 0 Å². The summed E-state index contributed by atoms with van der Waals surface area (Å²) in [4.78, 5) is 4.23. The van der Waals surface area contributed by atoms with Crippen molar-refractivity contribution in [1.82, 2.24) is 5.32 Å². The van der Waals surface area contributed by atoms with Gasteiger partial charge in [-0.15, -0.1) is 0 Å². The van der Waals surface area contributed by atoms with Crippen LogP contribution in [-0.2, 0) is 0 Å².